The smallest absolute Gasteiger partial charge is 0.315 e. The lowest BCUT2D eigenvalue weighted by Gasteiger charge is -2.20. The van der Waals surface area contributed by atoms with Crippen LogP contribution in [0.3, 0.4) is 0 Å². The van der Waals surface area contributed by atoms with Crippen LogP contribution in [0.25, 0.3) is 0 Å². The lowest BCUT2D eigenvalue weighted by Crippen LogP contribution is -2.29. The van der Waals surface area contributed by atoms with E-state index in [1.807, 2.05) is 5.38 Å². The quantitative estimate of drug-likeness (QED) is 0.832. The minimum Gasteiger partial charge on any atom is -0.481 e. The van der Waals surface area contributed by atoms with Gasteiger partial charge in [0.2, 0.25) is 0 Å². The van der Waals surface area contributed by atoms with Gasteiger partial charge in [-0.15, -0.1) is 11.3 Å². The molecule has 0 saturated heterocycles. The van der Waals surface area contributed by atoms with Crippen molar-refractivity contribution in [1.29, 1.82) is 0 Å². The summed E-state index contributed by atoms with van der Waals surface area (Å²) in [5.74, 6) is -0.329. The fraction of sp³-hybridized carbons (Fsp3) is 0.692. The first-order chi connectivity index (χ1) is 8.28. The number of aliphatic carboxylic acids is 1. The van der Waals surface area contributed by atoms with Gasteiger partial charge in [0, 0.05) is 11.4 Å². The summed E-state index contributed by atoms with van der Waals surface area (Å²) in [6, 6.07) is 0.372. The summed E-state index contributed by atoms with van der Waals surface area (Å²) in [6.07, 6.45) is 1.02. The maximum Gasteiger partial charge on any atom is 0.315 e. The van der Waals surface area contributed by atoms with Gasteiger partial charge in [0.25, 0.3) is 0 Å². The molecule has 0 saturated carbocycles. The molecule has 0 spiro atoms. The molecule has 0 radical (unpaired) electrons. The van der Waals surface area contributed by atoms with Crippen molar-refractivity contribution < 1.29 is 9.90 Å². The summed E-state index contributed by atoms with van der Waals surface area (Å²) in [7, 11) is 0. The number of nitrogens with zero attached hydrogens (tertiary/aromatic N) is 1. The number of hydrogen-bond acceptors (Lipinski definition) is 4. The Balaban J connectivity index is 2.84. The molecule has 102 valence electrons. The minimum atomic E-state index is -0.935. The van der Waals surface area contributed by atoms with E-state index < -0.39 is 11.4 Å². The van der Waals surface area contributed by atoms with E-state index in [0.717, 1.165) is 11.6 Å². The second-order valence-electron chi connectivity index (χ2n) is 5.37. The Kier molecular flexibility index (Phi) is 4.73. The van der Waals surface area contributed by atoms with Crippen LogP contribution >= 0.6 is 11.3 Å². The average molecular weight is 270 g/mol. The van der Waals surface area contributed by atoms with Crippen molar-refractivity contribution in [3.8, 4) is 0 Å². The van der Waals surface area contributed by atoms with E-state index in [9.17, 15) is 4.79 Å². The molecule has 1 aromatic heterocycles. The van der Waals surface area contributed by atoms with Gasteiger partial charge in [-0.1, -0.05) is 20.8 Å². The third-order valence-electron chi connectivity index (χ3n) is 3.23. The summed E-state index contributed by atoms with van der Waals surface area (Å²) >= 11 is 1.47. The van der Waals surface area contributed by atoms with Crippen LogP contribution in [-0.2, 0) is 10.2 Å². The first-order valence-corrected chi connectivity index (χ1v) is 7.13. The molecule has 0 amide bonds. The lowest BCUT2D eigenvalue weighted by atomic mass is 9.90. The number of rotatable bonds is 6. The van der Waals surface area contributed by atoms with E-state index in [4.69, 9.17) is 5.11 Å². The van der Waals surface area contributed by atoms with Gasteiger partial charge in [-0.3, -0.25) is 4.79 Å². The minimum absolute atomic E-state index is 0.372. The van der Waals surface area contributed by atoms with Crippen LogP contribution in [0.15, 0.2) is 5.38 Å². The molecule has 1 rings (SSSR count). The van der Waals surface area contributed by atoms with Crippen molar-refractivity contribution in [3.05, 3.63) is 11.1 Å². The van der Waals surface area contributed by atoms with Crippen molar-refractivity contribution in [2.45, 2.75) is 52.5 Å². The Morgan fingerprint density at radius 3 is 2.61 bits per heavy atom. The topological polar surface area (TPSA) is 62.2 Å². The van der Waals surface area contributed by atoms with Gasteiger partial charge in [0.15, 0.2) is 5.13 Å². The third kappa shape index (κ3) is 3.22. The average Bonchev–Trinajstić information content (AvgIpc) is 2.74. The molecular formula is C13H22N2O2S. The van der Waals surface area contributed by atoms with Crippen LogP contribution in [-0.4, -0.2) is 22.1 Å². The zero-order chi connectivity index (χ0) is 13.9. The van der Waals surface area contributed by atoms with E-state index >= 15 is 0 Å². The number of anilines is 1. The van der Waals surface area contributed by atoms with Gasteiger partial charge in [-0.2, -0.15) is 0 Å². The molecular weight excluding hydrogens is 248 g/mol. The van der Waals surface area contributed by atoms with Crippen LogP contribution < -0.4 is 5.32 Å². The van der Waals surface area contributed by atoms with Crippen LogP contribution in [0.1, 0.15) is 46.7 Å². The molecule has 0 bridgehead atoms. The molecule has 0 aliphatic rings. The van der Waals surface area contributed by atoms with Crippen molar-refractivity contribution in [2.75, 3.05) is 5.32 Å². The summed E-state index contributed by atoms with van der Waals surface area (Å²) in [6.45, 7) is 9.81. The Morgan fingerprint density at radius 1 is 1.56 bits per heavy atom. The summed E-state index contributed by atoms with van der Waals surface area (Å²) in [5.41, 5.74) is -0.322. The van der Waals surface area contributed by atoms with Crippen LogP contribution in [0, 0.1) is 5.92 Å². The summed E-state index contributed by atoms with van der Waals surface area (Å²) in [5, 5.41) is 15.2. The molecule has 0 aliphatic carbocycles. The van der Waals surface area contributed by atoms with E-state index in [1.165, 1.54) is 11.3 Å². The Bertz CT molecular complexity index is 413. The molecule has 18 heavy (non-hydrogen) atoms. The van der Waals surface area contributed by atoms with Gasteiger partial charge in [-0.05, 0) is 26.2 Å². The largest absolute Gasteiger partial charge is 0.481 e. The lowest BCUT2D eigenvalue weighted by molar-refractivity contribution is -0.142. The fourth-order valence-corrected chi connectivity index (χ4v) is 2.58. The Labute approximate surface area is 112 Å². The number of hydrogen-bond donors (Lipinski definition) is 2. The summed E-state index contributed by atoms with van der Waals surface area (Å²) < 4.78 is 0. The van der Waals surface area contributed by atoms with Crippen molar-refractivity contribution in [3.63, 3.8) is 0 Å². The predicted octanol–water partition coefficient (Wildman–Crippen LogP) is 3.35. The van der Waals surface area contributed by atoms with Gasteiger partial charge in [0.1, 0.15) is 5.41 Å². The number of aromatic nitrogens is 1. The maximum atomic E-state index is 11.2. The molecule has 1 atom stereocenters. The first-order valence-electron chi connectivity index (χ1n) is 6.25. The van der Waals surface area contributed by atoms with Gasteiger partial charge >= 0.3 is 5.97 Å². The second kappa shape index (κ2) is 5.69. The number of thiazole rings is 1. The first kappa shape index (κ1) is 15.0. The highest BCUT2D eigenvalue weighted by atomic mass is 32.1. The maximum absolute atomic E-state index is 11.2. The molecule has 4 nitrogen and oxygen atoms in total. The second-order valence-corrected chi connectivity index (χ2v) is 6.23. The van der Waals surface area contributed by atoms with Crippen LogP contribution in [0.5, 0.6) is 0 Å². The number of carboxylic acid groups (broad SMARTS) is 1. The van der Waals surface area contributed by atoms with E-state index in [0.29, 0.717) is 17.7 Å². The molecule has 0 aliphatic heterocycles. The molecule has 0 fully saturated rings. The summed E-state index contributed by atoms with van der Waals surface area (Å²) in [4.78, 5) is 15.6. The molecule has 1 aromatic rings. The molecule has 0 aromatic carbocycles. The molecule has 5 heteroatoms. The Morgan fingerprint density at radius 2 is 2.17 bits per heavy atom. The van der Waals surface area contributed by atoms with E-state index in [2.05, 4.69) is 31.1 Å². The van der Waals surface area contributed by atoms with E-state index in [1.54, 1.807) is 13.8 Å². The highest BCUT2D eigenvalue weighted by Gasteiger charge is 2.32. The third-order valence-corrected chi connectivity index (χ3v) is 4.01. The standard InChI is InChI=1S/C13H22N2O2S/c1-6-9(8(2)3)14-12-15-10(7-18-12)13(4,5)11(16)17/h7-9H,6H2,1-5H3,(H,14,15)(H,16,17). The SMILES string of the molecule is CCC(Nc1nc(C(C)(C)C(=O)O)cs1)C(C)C. The highest BCUT2D eigenvalue weighted by molar-refractivity contribution is 7.13. The van der Waals surface area contributed by atoms with Crippen LogP contribution in [0.2, 0.25) is 0 Å². The fourth-order valence-electron chi connectivity index (χ4n) is 1.64. The zero-order valence-corrected chi connectivity index (χ0v) is 12.5. The van der Waals surface area contributed by atoms with Crippen LogP contribution in [0.4, 0.5) is 5.13 Å². The van der Waals surface area contributed by atoms with Gasteiger partial charge < -0.3 is 10.4 Å². The van der Waals surface area contributed by atoms with Gasteiger partial charge in [-0.25, -0.2) is 4.98 Å². The van der Waals surface area contributed by atoms with Crippen molar-refractivity contribution in [1.82, 2.24) is 4.98 Å². The number of nitrogens with one attached hydrogen (secondary N) is 1. The zero-order valence-electron chi connectivity index (χ0n) is 11.7. The monoisotopic (exact) mass is 270 g/mol. The number of carboxylic acids is 1. The van der Waals surface area contributed by atoms with Crippen molar-refractivity contribution >= 4 is 22.4 Å². The Hall–Kier alpha value is -1.10. The van der Waals surface area contributed by atoms with Crippen molar-refractivity contribution in [2.24, 2.45) is 5.92 Å². The number of carbonyl (C=O) groups is 1. The van der Waals surface area contributed by atoms with Gasteiger partial charge in [0.05, 0.1) is 5.69 Å². The van der Waals surface area contributed by atoms with E-state index in [-0.39, 0.29) is 0 Å². The molecule has 1 unspecified atom stereocenters. The molecule has 2 N–H and O–H groups in total. The highest BCUT2D eigenvalue weighted by Crippen LogP contribution is 2.28. The normalized spacial score (nSPS) is 13.7. The molecule has 1 heterocycles. The predicted molar refractivity (Wildman–Crippen MR) is 75.3 cm³/mol.